The first-order chi connectivity index (χ1) is 8.13. The van der Waals surface area contributed by atoms with Gasteiger partial charge >= 0.3 is 0 Å². The SMILES string of the molecule is CCCOc1ccc2sc(C(=O)Cl)c(Cl)c2c1. The predicted octanol–water partition coefficient (Wildman–Crippen LogP) is 4.72. The Labute approximate surface area is 113 Å². The summed E-state index contributed by atoms with van der Waals surface area (Å²) >= 11 is 12.9. The molecule has 0 spiro atoms. The molecule has 0 aliphatic heterocycles. The van der Waals surface area contributed by atoms with E-state index in [4.69, 9.17) is 27.9 Å². The van der Waals surface area contributed by atoms with Gasteiger partial charge in [0.25, 0.3) is 5.24 Å². The van der Waals surface area contributed by atoms with Crippen molar-refractivity contribution < 1.29 is 9.53 Å². The van der Waals surface area contributed by atoms with Crippen LogP contribution in [0.5, 0.6) is 5.75 Å². The number of halogens is 2. The average Bonchev–Trinajstić information content (AvgIpc) is 2.64. The van der Waals surface area contributed by atoms with Crippen LogP contribution in [0.4, 0.5) is 0 Å². The summed E-state index contributed by atoms with van der Waals surface area (Å²) in [6, 6.07) is 5.60. The zero-order valence-electron chi connectivity index (χ0n) is 9.13. The van der Waals surface area contributed by atoms with E-state index in [0.717, 1.165) is 22.3 Å². The molecule has 5 heteroatoms. The minimum atomic E-state index is -0.521. The van der Waals surface area contributed by atoms with Crippen LogP contribution < -0.4 is 4.74 Å². The fraction of sp³-hybridized carbons (Fsp3) is 0.250. The van der Waals surface area contributed by atoms with Gasteiger partial charge in [0.2, 0.25) is 0 Å². The van der Waals surface area contributed by atoms with Crippen molar-refractivity contribution in [2.45, 2.75) is 13.3 Å². The molecule has 0 aliphatic carbocycles. The molecule has 2 rings (SSSR count). The van der Waals surface area contributed by atoms with Crippen molar-refractivity contribution in [3.63, 3.8) is 0 Å². The van der Waals surface area contributed by atoms with Gasteiger partial charge in [-0.3, -0.25) is 4.79 Å². The average molecular weight is 289 g/mol. The molecule has 0 bridgehead atoms. The highest BCUT2D eigenvalue weighted by atomic mass is 35.5. The number of carbonyl (C=O) groups is 1. The molecule has 0 saturated carbocycles. The number of benzene rings is 1. The molecule has 0 fully saturated rings. The lowest BCUT2D eigenvalue weighted by Crippen LogP contribution is -1.94. The molecule has 90 valence electrons. The second-order valence-electron chi connectivity index (χ2n) is 3.53. The third-order valence-corrected chi connectivity index (χ3v) is 4.23. The van der Waals surface area contributed by atoms with Gasteiger partial charge in [-0.25, -0.2) is 0 Å². The summed E-state index contributed by atoms with van der Waals surface area (Å²) in [7, 11) is 0. The van der Waals surface area contributed by atoms with Crippen molar-refractivity contribution >= 4 is 49.9 Å². The van der Waals surface area contributed by atoms with E-state index in [2.05, 4.69) is 0 Å². The summed E-state index contributed by atoms with van der Waals surface area (Å²) in [5.74, 6) is 0.757. The minimum absolute atomic E-state index is 0.385. The first-order valence-corrected chi connectivity index (χ1v) is 6.75. The highest BCUT2D eigenvalue weighted by molar-refractivity contribution is 7.23. The number of carbonyl (C=O) groups excluding carboxylic acids is 1. The number of thiophene rings is 1. The largest absolute Gasteiger partial charge is 0.494 e. The molecule has 1 heterocycles. The van der Waals surface area contributed by atoms with E-state index in [1.165, 1.54) is 11.3 Å². The van der Waals surface area contributed by atoms with Gasteiger partial charge in [0.15, 0.2) is 0 Å². The van der Waals surface area contributed by atoms with Crippen molar-refractivity contribution in [1.29, 1.82) is 0 Å². The van der Waals surface area contributed by atoms with Crippen molar-refractivity contribution in [2.24, 2.45) is 0 Å². The van der Waals surface area contributed by atoms with Gasteiger partial charge in [-0.2, -0.15) is 0 Å². The highest BCUT2D eigenvalue weighted by Gasteiger charge is 2.15. The molecule has 0 N–H and O–H groups in total. The standard InChI is InChI=1S/C12H10Cl2O2S/c1-2-5-16-7-3-4-9-8(6-7)10(13)11(17-9)12(14)15/h3-4,6H,2,5H2,1H3. The van der Waals surface area contributed by atoms with E-state index in [-0.39, 0.29) is 0 Å². The van der Waals surface area contributed by atoms with Crippen LogP contribution in [0.15, 0.2) is 18.2 Å². The van der Waals surface area contributed by atoms with Crippen molar-refractivity contribution in [3.8, 4) is 5.75 Å². The number of rotatable bonds is 4. The van der Waals surface area contributed by atoms with Gasteiger partial charge < -0.3 is 4.74 Å². The summed E-state index contributed by atoms with van der Waals surface area (Å²) in [5, 5.41) is 0.702. The molecule has 17 heavy (non-hydrogen) atoms. The van der Waals surface area contributed by atoms with E-state index in [0.29, 0.717) is 16.5 Å². The molecular weight excluding hydrogens is 279 g/mol. The summed E-state index contributed by atoms with van der Waals surface area (Å²) in [6.07, 6.45) is 0.945. The first kappa shape index (κ1) is 12.7. The predicted molar refractivity (Wildman–Crippen MR) is 72.8 cm³/mol. The van der Waals surface area contributed by atoms with Crippen molar-refractivity contribution in [1.82, 2.24) is 0 Å². The Morgan fingerprint density at radius 2 is 2.24 bits per heavy atom. The van der Waals surface area contributed by atoms with Crippen LogP contribution in [0.3, 0.4) is 0 Å². The third kappa shape index (κ3) is 2.57. The van der Waals surface area contributed by atoms with Gasteiger partial charge in [-0.1, -0.05) is 18.5 Å². The number of hydrogen-bond donors (Lipinski definition) is 0. The van der Waals surface area contributed by atoms with E-state index < -0.39 is 5.24 Å². The Kier molecular flexibility index (Phi) is 3.92. The van der Waals surface area contributed by atoms with Gasteiger partial charge in [0.1, 0.15) is 10.6 Å². The van der Waals surface area contributed by atoms with Crippen LogP contribution in [-0.2, 0) is 0 Å². The maximum absolute atomic E-state index is 11.2. The third-order valence-electron chi connectivity index (χ3n) is 2.25. The summed E-state index contributed by atoms with van der Waals surface area (Å²) in [5.41, 5.74) is 0. The second-order valence-corrected chi connectivity index (χ2v) is 5.30. The van der Waals surface area contributed by atoms with E-state index in [9.17, 15) is 4.79 Å². The minimum Gasteiger partial charge on any atom is -0.494 e. The quantitative estimate of drug-likeness (QED) is 0.761. The molecule has 0 atom stereocenters. The Morgan fingerprint density at radius 3 is 2.88 bits per heavy atom. The number of hydrogen-bond acceptors (Lipinski definition) is 3. The highest BCUT2D eigenvalue weighted by Crippen LogP contribution is 2.38. The summed E-state index contributed by atoms with van der Waals surface area (Å²) < 4.78 is 6.45. The summed E-state index contributed by atoms with van der Waals surface area (Å²) in [4.78, 5) is 11.5. The Bertz CT molecular complexity index is 563. The topological polar surface area (TPSA) is 26.3 Å². The maximum Gasteiger partial charge on any atom is 0.263 e. The lowest BCUT2D eigenvalue weighted by Gasteiger charge is -2.03. The molecule has 0 radical (unpaired) electrons. The maximum atomic E-state index is 11.2. The van der Waals surface area contributed by atoms with Crippen LogP contribution in [0, 0.1) is 0 Å². The Morgan fingerprint density at radius 1 is 1.47 bits per heavy atom. The van der Waals surface area contributed by atoms with Crippen LogP contribution in [0.25, 0.3) is 10.1 Å². The molecule has 0 amide bonds. The zero-order chi connectivity index (χ0) is 12.4. The molecule has 0 aliphatic rings. The van der Waals surface area contributed by atoms with Gasteiger partial charge in [0.05, 0.1) is 11.6 Å². The molecule has 1 aromatic carbocycles. The lowest BCUT2D eigenvalue weighted by molar-refractivity contribution is 0.108. The van der Waals surface area contributed by atoms with E-state index in [1.54, 1.807) is 0 Å². The number of fused-ring (bicyclic) bond motifs is 1. The van der Waals surface area contributed by atoms with Gasteiger partial charge in [0, 0.05) is 10.1 Å². The van der Waals surface area contributed by atoms with E-state index >= 15 is 0 Å². The van der Waals surface area contributed by atoms with Gasteiger partial charge in [-0.15, -0.1) is 11.3 Å². The Balaban J connectivity index is 2.46. The lowest BCUT2D eigenvalue weighted by atomic mass is 10.2. The van der Waals surface area contributed by atoms with Crippen LogP contribution in [0.2, 0.25) is 5.02 Å². The Hall–Kier alpha value is -0.770. The second kappa shape index (κ2) is 5.25. The van der Waals surface area contributed by atoms with E-state index in [1.807, 2.05) is 25.1 Å². The normalized spacial score (nSPS) is 10.8. The van der Waals surface area contributed by atoms with Crippen LogP contribution in [-0.4, -0.2) is 11.8 Å². The molecule has 0 saturated heterocycles. The van der Waals surface area contributed by atoms with Gasteiger partial charge in [-0.05, 0) is 36.2 Å². The molecule has 0 unspecified atom stereocenters. The smallest absolute Gasteiger partial charge is 0.263 e. The van der Waals surface area contributed by atoms with Crippen molar-refractivity contribution in [3.05, 3.63) is 28.1 Å². The first-order valence-electron chi connectivity index (χ1n) is 5.18. The molecular formula is C12H10Cl2O2S. The fourth-order valence-corrected chi connectivity index (χ4v) is 3.06. The van der Waals surface area contributed by atoms with Crippen LogP contribution >= 0.6 is 34.5 Å². The van der Waals surface area contributed by atoms with Crippen molar-refractivity contribution in [2.75, 3.05) is 6.61 Å². The molecule has 1 aromatic heterocycles. The zero-order valence-corrected chi connectivity index (χ0v) is 11.5. The van der Waals surface area contributed by atoms with Crippen LogP contribution in [0.1, 0.15) is 23.0 Å². The number of ether oxygens (including phenoxy) is 1. The monoisotopic (exact) mass is 288 g/mol. The molecule has 2 aromatic rings. The fourth-order valence-electron chi connectivity index (χ4n) is 1.48. The summed E-state index contributed by atoms with van der Waals surface area (Å²) in [6.45, 7) is 2.70. The molecule has 2 nitrogen and oxygen atoms in total.